The molecule has 0 aliphatic heterocycles. The predicted molar refractivity (Wildman–Crippen MR) is 82.8 cm³/mol. The van der Waals surface area contributed by atoms with E-state index in [0.717, 1.165) is 15.8 Å². The van der Waals surface area contributed by atoms with Gasteiger partial charge < -0.3 is 11.1 Å². The second-order valence-electron chi connectivity index (χ2n) is 4.08. The molecule has 0 radical (unpaired) electrons. The molecule has 0 fully saturated rings. The zero-order chi connectivity index (χ0) is 15.2. The number of carbonyl (C=O) groups is 1. The van der Waals surface area contributed by atoms with Crippen LogP contribution < -0.4 is 11.1 Å². The van der Waals surface area contributed by atoms with Gasteiger partial charge in [-0.15, -0.1) is 11.3 Å². The predicted octanol–water partition coefficient (Wildman–Crippen LogP) is 2.78. The standard InChI is InChI=1S/C15H12ClFN2OS/c16-13-6-3-10(8-14(13)17)15(20)19-9-12-5-4-11(21-12)2-1-7-18/h3-6,8H,7,9,18H2,(H,19,20). The first-order valence-electron chi connectivity index (χ1n) is 6.11. The highest BCUT2D eigenvalue weighted by molar-refractivity contribution is 7.12. The third-order valence-electron chi connectivity index (χ3n) is 2.58. The molecule has 0 saturated carbocycles. The van der Waals surface area contributed by atoms with Crippen molar-refractivity contribution in [2.45, 2.75) is 6.54 Å². The molecule has 0 saturated heterocycles. The van der Waals surface area contributed by atoms with Crippen molar-refractivity contribution in [1.29, 1.82) is 0 Å². The topological polar surface area (TPSA) is 55.1 Å². The average Bonchev–Trinajstić information content (AvgIpc) is 2.93. The van der Waals surface area contributed by atoms with E-state index in [9.17, 15) is 9.18 Å². The maximum absolute atomic E-state index is 13.3. The first kappa shape index (κ1) is 15.5. The van der Waals surface area contributed by atoms with Crippen molar-refractivity contribution in [3.8, 4) is 11.8 Å². The summed E-state index contributed by atoms with van der Waals surface area (Å²) in [6.07, 6.45) is 0. The second kappa shape index (κ2) is 7.23. The summed E-state index contributed by atoms with van der Waals surface area (Å²) in [6, 6.07) is 7.71. The molecule has 0 bridgehead atoms. The van der Waals surface area contributed by atoms with E-state index in [1.54, 1.807) is 0 Å². The molecule has 3 nitrogen and oxygen atoms in total. The van der Waals surface area contributed by atoms with Crippen LogP contribution in [-0.2, 0) is 6.54 Å². The van der Waals surface area contributed by atoms with Gasteiger partial charge in [0.15, 0.2) is 0 Å². The average molecular weight is 323 g/mol. The number of nitrogens with one attached hydrogen (secondary N) is 1. The van der Waals surface area contributed by atoms with Gasteiger partial charge in [-0.25, -0.2) is 4.39 Å². The zero-order valence-corrected chi connectivity index (χ0v) is 12.5. The van der Waals surface area contributed by atoms with Crippen molar-refractivity contribution in [2.75, 3.05) is 6.54 Å². The van der Waals surface area contributed by atoms with Crippen molar-refractivity contribution in [3.63, 3.8) is 0 Å². The smallest absolute Gasteiger partial charge is 0.251 e. The lowest BCUT2D eigenvalue weighted by atomic mass is 10.2. The Morgan fingerprint density at radius 3 is 2.90 bits per heavy atom. The fraction of sp³-hybridized carbons (Fsp3) is 0.133. The minimum absolute atomic E-state index is 0.00655. The lowest BCUT2D eigenvalue weighted by Crippen LogP contribution is -2.22. The van der Waals surface area contributed by atoms with Gasteiger partial charge >= 0.3 is 0 Å². The van der Waals surface area contributed by atoms with E-state index in [-0.39, 0.29) is 16.5 Å². The fourth-order valence-corrected chi connectivity index (χ4v) is 2.52. The lowest BCUT2D eigenvalue weighted by Gasteiger charge is -2.04. The number of hydrogen-bond acceptors (Lipinski definition) is 3. The molecule has 2 aromatic rings. The molecule has 0 unspecified atom stereocenters. The second-order valence-corrected chi connectivity index (χ2v) is 5.66. The summed E-state index contributed by atoms with van der Waals surface area (Å²) < 4.78 is 13.3. The maximum atomic E-state index is 13.3. The van der Waals surface area contributed by atoms with Crippen LogP contribution in [0.1, 0.15) is 20.1 Å². The summed E-state index contributed by atoms with van der Waals surface area (Å²) in [6.45, 7) is 0.671. The molecule has 1 heterocycles. The number of hydrogen-bond donors (Lipinski definition) is 2. The fourth-order valence-electron chi connectivity index (χ4n) is 1.59. The van der Waals surface area contributed by atoms with Crippen LogP contribution in [-0.4, -0.2) is 12.5 Å². The molecule has 2 rings (SSSR count). The highest BCUT2D eigenvalue weighted by Gasteiger charge is 2.09. The number of benzene rings is 1. The Morgan fingerprint density at radius 2 is 2.19 bits per heavy atom. The van der Waals surface area contributed by atoms with Crippen LogP contribution in [0.3, 0.4) is 0 Å². The van der Waals surface area contributed by atoms with Gasteiger partial charge in [-0.3, -0.25) is 4.79 Å². The normalized spacial score (nSPS) is 9.86. The Bertz CT molecular complexity index is 718. The lowest BCUT2D eigenvalue weighted by molar-refractivity contribution is 0.0951. The largest absolute Gasteiger partial charge is 0.347 e. The van der Waals surface area contributed by atoms with Crippen LogP contribution in [0.5, 0.6) is 0 Å². The van der Waals surface area contributed by atoms with Crippen LogP contribution in [0.25, 0.3) is 0 Å². The Kier molecular flexibility index (Phi) is 5.34. The Balaban J connectivity index is 1.97. The molecule has 1 aromatic carbocycles. The molecule has 1 aromatic heterocycles. The first-order chi connectivity index (χ1) is 10.1. The van der Waals surface area contributed by atoms with E-state index in [1.165, 1.54) is 23.5 Å². The Labute approximate surface area is 130 Å². The van der Waals surface area contributed by atoms with Crippen LogP contribution in [0.4, 0.5) is 4.39 Å². The van der Waals surface area contributed by atoms with Gasteiger partial charge in [0.2, 0.25) is 0 Å². The van der Waals surface area contributed by atoms with Gasteiger partial charge in [0.25, 0.3) is 5.91 Å². The number of halogens is 2. The maximum Gasteiger partial charge on any atom is 0.251 e. The third kappa shape index (κ3) is 4.30. The summed E-state index contributed by atoms with van der Waals surface area (Å²) in [5.74, 6) is 4.73. The van der Waals surface area contributed by atoms with Crippen molar-refractivity contribution >= 4 is 28.8 Å². The number of thiophene rings is 1. The van der Waals surface area contributed by atoms with Crippen molar-refractivity contribution in [2.24, 2.45) is 5.73 Å². The molecule has 108 valence electrons. The summed E-state index contributed by atoms with van der Waals surface area (Å²) in [5.41, 5.74) is 5.54. The van der Waals surface area contributed by atoms with Crippen molar-refractivity contribution in [3.05, 3.63) is 56.5 Å². The molecule has 0 aliphatic rings. The molecule has 0 aliphatic carbocycles. The van der Waals surface area contributed by atoms with Crippen LogP contribution in [0.2, 0.25) is 5.02 Å². The number of carbonyl (C=O) groups excluding carboxylic acids is 1. The number of nitrogens with two attached hydrogens (primary N) is 1. The molecule has 6 heteroatoms. The van der Waals surface area contributed by atoms with Crippen molar-refractivity contribution < 1.29 is 9.18 Å². The Hall–Kier alpha value is -1.87. The van der Waals surface area contributed by atoms with E-state index in [1.807, 2.05) is 12.1 Å². The van der Waals surface area contributed by atoms with Crippen LogP contribution in [0.15, 0.2) is 30.3 Å². The number of rotatable bonds is 3. The van der Waals surface area contributed by atoms with E-state index < -0.39 is 5.82 Å². The first-order valence-corrected chi connectivity index (χ1v) is 7.30. The van der Waals surface area contributed by atoms with Gasteiger partial charge in [0.05, 0.1) is 23.0 Å². The summed E-state index contributed by atoms with van der Waals surface area (Å²) in [4.78, 5) is 13.7. The minimum Gasteiger partial charge on any atom is -0.347 e. The molecule has 0 spiro atoms. The molecule has 1 amide bonds. The van der Waals surface area contributed by atoms with E-state index in [4.69, 9.17) is 17.3 Å². The zero-order valence-electron chi connectivity index (χ0n) is 11.0. The van der Waals surface area contributed by atoms with Crippen LogP contribution >= 0.6 is 22.9 Å². The van der Waals surface area contributed by atoms with E-state index >= 15 is 0 Å². The summed E-state index contributed by atoms with van der Waals surface area (Å²) in [7, 11) is 0. The molecular weight excluding hydrogens is 311 g/mol. The van der Waals surface area contributed by atoms with Crippen molar-refractivity contribution in [1.82, 2.24) is 5.32 Å². The monoisotopic (exact) mass is 322 g/mol. The number of amides is 1. The molecular formula is C15H12ClFN2OS. The van der Waals surface area contributed by atoms with Gasteiger partial charge in [-0.1, -0.05) is 23.4 Å². The highest BCUT2D eigenvalue weighted by atomic mass is 35.5. The van der Waals surface area contributed by atoms with Crippen LogP contribution in [0, 0.1) is 17.7 Å². The molecule has 0 atom stereocenters. The summed E-state index contributed by atoms with van der Waals surface area (Å²) in [5, 5.41) is 2.71. The Morgan fingerprint density at radius 1 is 1.38 bits per heavy atom. The third-order valence-corrected chi connectivity index (χ3v) is 3.89. The SMILES string of the molecule is NCC#Cc1ccc(CNC(=O)c2ccc(Cl)c(F)c2)s1. The van der Waals surface area contributed by atoms with Gasteiger partial charge in [0.1, 0.15) is 5.82 Å². The van der Waals surface area contributed by atoms with E-state index in [2.05, 4.69) is 17.2 Å². The molecule has 21 heavy (non-hydrogen) atoms. The highest BCUT2D eigenvalue weighted by Crippen LogP contribution is 2.17. The van der Waals surface area contributed by atoms with Gasteiger partial charge in [-0.05, 0) is 30.3 Å². The molecule has 3 N–H and O–H groups in total. The minimum atomic E-state index is -0.611. The quantitative estimate of drug-likeness (QED) is 0.854. The van der Waals surface area contributed by atoms with E-state index in [0.29, 0.717) is 13.1 Å². The summed E-state index contributed by atoms with van der Waals surface area (Å²) >= 11 is 7.05. The van der Waals surface area contributed by atoms with Gasteiger partial charge in [-0.2, -0.15) is 0 Å². The van der Waals surface area contributed by atoms with Gasteiger partial charge in [0, 0.05) is 10.4 Å².